The molecule has 0 spiro atoms. The van der Waals surface area contributed by atoms with E-state index in [1.165, 1.54) is 10.8 Å². The van der Waals surface area contributed by atoms with E-state index >= 15 is 0 Å². The summed E-state index contributed by atoms with van der Waals surface area (Å²) in [4.78, 5) is 10.5. The van der Waals surface area contributed by atoms with Gasteiger partial charge in [0.05, 0.1) is 0 Å². The largest absolute Gasteiger partial charge is 0.145 e. The summed E-state index contributed by atoms with van der Waals surface area (Å²) in [5, 5.41) is 7.58. The molecule has 0 bridgehead atoms. The van der Waals surface area contributed by atoms with E-state index in [9.17, 15) is 4.91 Å². The quantitative estimate of drug-likeness (QED) is 0.429. The standard InChI is InChI=1S/C14H9NO/c16-15-12-7-8-14-11(9-12)6-5-10-3-1-2-4-13(10)14/h1-9H. The van der Waals surface area contributed by atoms with Crippen LogP contribution in [0.25, 0.3) is 21.5 Å². The van der Waals surface area contributed by atoms with Gasteiger partial charge < -0.3 is 0 Å². The zero-order valence-electron chi connectivity index (χ0n) is 8.55. The van der Waals surface area contributed by atoms with Crippen molar-refractivity contribution >= 4 is 27.2 Å². The van der Waals surface area contributed by atoms with Crippen molar-refractivity contribution in [3.63, 3.8) is 0 Å². The van der Waals surface area contributed by atoms with Crippen molar-refractivity contribution in [3.05, 3.63) is 59.5 Å². The topological polar surface area (TPSA) is 29.4 Å². The molecular formula is C14H9NO. The van der Waals surface area contributed by atoms with E-state index in [0.717, 1.165) is 10.8 Å². The van der Waals surface area contributed by atoms with Crippen molar-refractivity contribution in [2.45, 2.75) is 0 Å². The highest BCUT2D eigenvalue weighted by atomic mass is 16.3. The third-order valence-corrected chi connectivity index (χ3v) is 2.83. The van der Waals surface area contributed by atoms with Gasteiger partial charge in [0.15, 0.2) is 0 Å². The molecule has 0 saturated heterocycles. The van der Waals surface area contributed by atoms with Gasteiger partial charge in [-0.05, 0) is 38.9 Å². The Labute approximate surface area is 92.5 Å². The fourth-order valence-corrected chi connectivity index (χ4v) is 2.06. The third-order valence-electron chi connectivity index (χ3n) is 2.83. The molecule has 0 atom stereocenters. The minimum absolute atomic E-state index is 0.475. The zero-order valence-corrected chi connectivity index (χ0v) is 8.55. The Kier molecular flexibility index (Phi) is 1.93. The van der Waals surface area contributed by atoms with Gasteiger partial charge in [-0.3, -0.25) is 0 Å². The van der Waals surface area contributed by atoms with Crippen LogP contribution in [0.15, 0.2) is 59.8 Å². The van der Waals surface area contributed by atoms with Crippen molar-refractivity contribution in [1.82, 2.24) is 0 Å². The normalized spacial score (nSPS) is 10.8. The van der Waals surface area contributed by atoms with Gasteiger partial charge in [0, 0.05) is 0 Å². The summed E-state index contributed by atoms with van der Waals surface area (Å²) in [5.41, 5.74) is 0.475. The summed E-state index contributed by atoms with van der Waals surface area (Å²) in [7, 11) is 0. The van der Waals surface area contributed by atoms with Crippen LogP contribution in [-0.4, -0.2) is 0 Å². The van der Waals surface area contributed by atoms with E-state index in [1.807, 2.05) is 30.3 Å². The van der Waals surface area contributed by atoms with Gasteiger partial charge in [-0.15, -0.1) is 4.91 Å². The first-order chi connectivity index (χ1) is 7.88. The highest BCUT2D eigenvalue weighted by molar-refractivity contribution is 6.08. The molecule has 2 nitrogen and oxygen atoms in total. The maximum Gasteiger partial charge on any atom is 0.108 e. The first-order valence-corrected chi connectivity index (χ1v) is 5.13. The average molecular weight is 207 g/mol. The summed E-state index contributed by atoms with van der Waals surface area (Å²) >= 11 is 0. The lowest BCUT2D eigenvalue weighted by Gasteiger charge is -2.03. The molecule has 3 rings (SSSR count). The van der Waals surface area contributed by atoms with Crippen LogP contribution in [0.2, 0.25) is 0 Å². The highest BCUT2D eigenvalue weighted by Crippen LogP contribution is 2.28. The second kappa shape index (κ2) is 3.42. The number of nitrogens with zero attached hydrogens (tertiary/aromatic N) is 1. The van der Waals surface area contributed by atoms with Crippen LogP contribution in [0.5, 0.6) is 0 Å². The molecule has 0 aliphatic carbocycles. The van der Waals surface area contributed by atoms with Crippen molar-refractivity contribution in [2.75, 3.05) is 0 Å². The molecule has 0 amide bonds. The highest BCUT2D eigenvalue weighted by Gasteiger charge is 2.00. The molecule has 0 unspecified atom stereocenters. The summed E-state index contributed by atoms with van der Waals surface area (Å²) in [6.07, 6.45) is 0. The Hall–Kier alpha value is -2.22. The molecule has 0 aliphatic heterocycles. The van der Waals surface area contributed by atoms with Gasteiger partial charge in [-0.2, -0.15) is 0 Å². The molecule has 0 N–H and O–H groups in total. The van der Waals surface area contributed by atoms with Gasteiger partial charge in [-0.25, -0.2) is 0 Å². The third kappa shape index (κ3) is 1.27. The number of hydrogen-bond acceptors (Lipinski definition) is 2. The van der Waals surface area contributed by atoms with Crippen molar-refractivity contribution in [3.8, 4) is 0 Å². The predicted molar refractivity (Wildman–Crippen MR) is 66.9 cm³/mol. The fraction of sp³-hybridized carbons (Fsp3) is 0. The lowest BCUT2D eigenvalue weighted by molar-refractivity contribution is 1.52. The van der Waals surface area contributed by atoms with Crippen LogP contribution >= 0.6 is 0 Å². The van der Waals surface area contributed by atoms with Crippen molar-refractivity contribution in [1.29, 1.82) is 0 Å². The maximum absolute atomic E-state index is 10.5. The molecule has 3 aromatic rings. The molecule has 76 valence electrons. The van der Waals surface area contributed by atoms with Crippen molar-refractivity contribution in [2.24, 2.45) is 5.18 Å². The van der Waals surface area contributed by atoms with Crippen LogP contribution < -0.4 is 0 Å². The summed E-state index contributed by atoms with van der Waals surface area (Å²) in [6.45, 7) is 0. The number of nitroso groups, excluding NO2 is 1. The molecular weight excluding hydrogens is 198 g/mol. The molecule has 0 fully saturated rings. The fourth-order valence-electron chi connectivity index (χ4n) is 2.06. The van der Waals surface area contributed by atoms with Crippen LogP contribution in [-0.2, 0) is 0 Å². The summed E-state index contributed by atoms with van der Waals surface area (Å²) in [6, 6.07) is 17.8. The zero-order chi connectivity index (χ0) is 11.0. The van der Waals surface area contributed by atoms with E-state index in [-0.39, 0.29) is 0 Å². The Morgan fingerprint density at radius 2 is 1.50 bits per heavy atom. The van der Waals surface area contributed by atoms with Crippen LogP contribution in [0.3, 0.4) is 0 Å². The van der Waals surface area contributed by atoms with Crippen molar-refractivity contribution < 1.29 is 0 Å². The van der Waals surface area contributed by atoms with Gasteiger partial charge >= 0.3 is 0 Å². The number of rotatable bonds is 1. The number of benzene rings is 3. The molecule has 16 heavy (non-hydrogen) atoms. The Morgan fingerprint density at radius 1 is 0.750 bits per heavy atom. The number of fused-ring (bicyclic) bond motifs is 3. The second-order valence-electron chi connectivity index (χ2n) is 3.78. The lowest BCUT2D eigenvalue weighted by atomic mass is 10.0. The maximum atomic E-state index is 10.5. The number of hydrogen-bond donors (Lipinski definition) is 0. The smallest absolute Gasteiger partial charge is 0.108 e. The SMILES string of the molecule is O=Nc1ccc2c(ccc3ccccc32)c1. The van der Waals surface area contributed by atoms with E-state index in [0.29, 0.717) is 5.69 Å². The second-order valence-corrected chi connectivity index (χ2v) is 3.78. The summed E-state index contributed by atoms with van der Waals surface area (Å²) < 4.78 is 0. The van der Waals surface area contributed by atoms with Crippen LogP contribution in [0.1, 0.15) is 0 Å². The molecule has 0 aliphatic rings. The molecule has 0 saturated carbocycles. The lowest BCUT2D eigenvalue weighted by Crippen LogP contribution is -1.76. The van der Waals surface area contributed by atoms with Gasteiger partial charge in [0.2, 0.25) is 0 Å². The molecule has 0 radical (unpaired) electrons. The molecule has 0 aromatic heterocycles. The van der Waals surface area contributed by atoms with Crippen LogP contribution in [0.4, 0.5) is 5.69 Å². The first-order valence-electron chi connectivity index (χ1n) is 5.13. The molecule has 3 aromatic carbocycles. The first kappa shape index (κ1) is 9.04. The Bertz CT molecular complexity index is 688. The van der Waals surface area contributed by atoms with Crippen LogP contribution in [0, 0.1) is 4.91 Å². The Morgan fingerprint density at radius 3 is 2.38 bits per heavy atom. The Balaban J connectivity index is 2.47. The molecule has 2 heteroatoms. The van der Waals surface area contributed by atoms with E-state index in [2.05, 4.69) is 23.4 Å². The molecule has 0 heterocycles. The monoisotopic (exact) mass is 207 g/mol. The minimum Gasteiger partial charge on any atom is -0.145 e. The van der Waals surface area contributed by atoms with E-state index in [1.54, 1.807) is 6.07 Å². The average Bonchev–Trinajstić information content (AvgIpc) is 2.38. The minimum atomic E-state index is 0.475. The van der Waals surface area contributed by atoms with Gasteiger partial charge in [0.1, 0.15) is 5.69 Å². The van der Waals surface area contributed by atoms with Gasteiger partial charge in [-0.1, -0.05) is 42.5 Å². The summed E-state index contributed by atoms with van der Waals surface area (Å²) in [5.74, 6) is 0. The van der Waals surface area contributed by atoms with Gasteiger partial charge in [0.25, 0.3) is 0 Å². The van der Waals surface area contributed by atoms with E-state index in [4.69, 9.17) is 0 Å². The predicted octanol–water partition coefficient (Wildman–Crippen LogP) is 4.39. The van der Waals surface area contributed by atoms with E-state index < -0.39 is 0 Å².